The van der Waals surface area contributed by atoms with E-state index in [2.05, 4.69) is 6.92 Å². The van der Waals surface area contributed by atoms with Gasteiger partial charge in [0.25, 0.3) is 0 Å². The Labute approximate surface area is 108 Å². The normalized spacial score (nSPS) is 17.2. The van der Waals surface area contributed by atoms with Gasteiger partial charge in [-0.2, -0.15) is 0 Å². The molecule has 1 aliphatic heterocycles. The summed E-state index contributed by atoms with van der Waals surface area (Å²) in [6, 6.07) is 7.52. The van der Waals surface area contributed by atoms with Gasteiger partial charge in [0, 0.05) is 18.1 Å². The van der Waals surface area contributed by atoms with Crippen LogP contribution >= 0.6 is 11.6 Å². The van der Waals surface area contributed by atoms with Crippen LogP contribution in [0.25, 0.3) is 0 Å². The molecule has 1 heterocycles. The second-order valence-corrected chi connectivity index (χ2v) is 5.30. The van der Waals surface area contributed by atoms with Crippen molar-refractivity contribution in [1.82, 2.24) is 4.90 Å². The standard InChI is InChI=1S/C14H18ClNO/c1-11-6-8-16(9-7-11)14(17)10-12-2-4-13(15)5-3-12/h2-5,11H,6-10H2,1H3. The fourth-order valence-corrected chi connectivity index (χ4v) is 2.27. The van der Waals surface area contributed by atoms with Crippen molar-refractivity contribution in [2.45, 2.75) is 26.2 Å². The first kappa shape index (κ1) is 12.4. The lowest BCUT2D eigenvalue weighted by Gasteiger charge is -2.30. The molecular formula is C14H18ClNO. The van der Waals surface area contributed by atoms with Gasteiger partial charge in [-0.05, 0) is 36.5 Å². The summed E-state index contributed by atoms with van der Waals surface area (Å²) >= 11 is 5.82. The van der Waals surface area contributed by atoms with E-state index in [0.29, 0.717) is 11.4 Å². The van der Waals surface area contributed by atoms with Crippen LogP contribution in [-0.2, 0) is 11.2 Å². The Morgan fingerprint density at radius 3 is 2.47 bits per heavy atom. The predicted octanol–water partition coefficient (Wildman–Crippen LogP) is 3.14. The average molecular weight is 252 g/mol. The van der Waals surface area contributed by atoms with Crippen LogP contribution in [0.4, 0.5) is 0 Å². The first-order valence-corrected chi connectivity index (χ1v) is 6.55. The quantitative estimate of drug-likeness (QED) is 0.791. The fraction of sp³-hybridized carbons (Fsp3) is 0.500. The first-order chi connectivity index (χ1) is 8.15. The molecule has 0 aromatic heterocycles. The van der Waals surface area contributed by atoms with Crippen LogP contribution in [0.1, 0.15) is 25.3 Å². The number of rotatable bonds is 2. The molecule has 2 rings (SSSR count). The van der Waals surface area contributed by atoms with Crippen LogP contribution in [0.3, 0.4) is 0 Å². The molecule has 1 saturated heterocycles. The molecule has 0 unspecified atom stereocenters. The van der Waals surface area contributed by atoms with Crippen LogP contribution in [0, 0.1) is 5.92 Å². The summed E-state index contributed by atoms with van der Waals surface area (Å²) in [7, 11) is 0. The molecule has 0 spiro atoms. The molecule has 3 heteroatoms. The Balaban J connectivity index is 1.90. The van der Waals surface area contributed by atoms with E-state index in [9.17, 15) is 4.79 Å². The summed E-state index contributed by atoms with van der Waals surface area (Å²) in [6.45, 7) is 4.07. The van der Waals surface area contributed by atoms with Crippen molar-refractivity contribution >= 4 is 17.5 Å². The number of nitrogens with zero attached hydrogens (tertiary/aromatic N) is 1. The third kappa shape index (κ3) is 3.47. The third-order valence-corrected chi connectivity index (χ3v) is 3.66. The maximum Gasteiger partial charge on any atom is 0.226 e. The lowest BCUT2D eigenvalue weighted by atomic mass is 9.98. The zero-order valence-electron chi connectivity index (χ0n) is 10.2. The molecule has 0 radical (unpaired) electrons. The highest BCUT2D eigenvalue weighted by molar-refractivity contribution is 6.30. The summed E-state index contributed by atoms with van der Waals surface area (Å²) in [6.07, 6.45) is 2.75. The number of hydrogen-bond donors (Lipinski definition) is 0. The van der Waals surface area contributed by atoms with E-state index in [0.717, 1.165) is 37.4 Å². The van der Waals surface area contributed by atoms with Crippen molar-refractivity contribution in [3.8, 4) is 0 Å². The Bertz CT molecular complexity index is 380. The van der Waals surface area contributed by atoms with Gasteiger partial charge in [-0.3, -0.25) is 4.79 Å². The molecule has 0 atom stereocenters. The van der Waals surface area contributed by atoms with Crippen LogP contribution < -0.4 is 0 Å². The van der Waals surface area contributed by atoms with Gasteiger partial charge < -0.3 is 4.90 Å². The number of benzene rings is 1. The second kappa shape index (κ2) is 5.54. The van der Waals surface area contributed by atoms with Crippen LogP contribution in [0.2, 0.25) is 5.02 Å². The summed E-state index contributed by atoms with van der Waals surface area (Å²) < 4.78 is 0. The monoisotopic (exact) mass is 251 g/mol. The van der Waals surface area contributed by atoms with E-state index in [1.165, 1.54) is 0 Å². The molecule has 0 aliphatic carbocycles. The summed E-state index contributed by atoms with van der Waals surface area (Å²) in [5, 5.41) is 0.716. The van der Waals surface area contributed by atoms with E-state index in [4.69, 9.17) is 11.6 Å². The van der Waals surface area contributed by atoms with Crippen molar-refractivity contribution in [2.75, 3.05) is 13.1 Å². The van der Waals surface area contributed by atoms with Gasteiger partial charge >= 0.3 is 0 Å². The highest BCUT2D eigenvalue weighted by atomic mass is 35.5. The molecule has 1 fully saturated rings. The highest BCUT2D eigenvalue weighted by Crippen LogP contribution is 2.17. The molecule has 92 valence electrons. The lowest BCUT2D eigenvalue weighted by Crippen LogP contribution is -2.38. The summed E-state index contributed by atoms with van der Waals surface area (Å²) in [5.41, 5.74) is 1.04. The number of likely N-dealkylation sites (tertiary alicyclic amines) is 1. The number of halogens is 1. The number of amides is 1. The molecule has 2 nitrogen and oxygen atoms in total. The molecule has 1 aromatic rings. The van der Waals surface area contributed by atoms with Crippen molar-refractivity contribution < 1.29 is 4.79 Å². The van der Waals surface area contributed by atoms with E-state index in [-0.39, 0.29) is 5.91 Å². The molecule has 1 aliphatic rings. The van der Waals surface area contributed by atoms with Gasteiger partial charge in [-0.1, -0.05) is 30.7 Å². The molecular weight excluding hydrogens is 234 g/mol. The highest BCUT2D eigenvalue weighted by Gasteiger charge is 2.20. The van der Waals surface area contributed by atoms with Gasteiger partial charge in [0.15, 0.2) is 0 Å². The lowest BCUT2D eigenvalue weighted by molar-refractivity contribution is -0.131. The first-order valence-electron chi connectivity index (χ1n) is 6.17. The third-order valence-electron chi connectivity index (χ3n) is 3.40. The number of carbonyl (C=O) groups excluding carboxylic acids is 1. The van der Waals surface area contributed by atoms with Crippen LogP contribution in [0.5, 0.6) is 0 Å². The summed E-state index contributed by atoms with van der Waals surface area (Å²) in [5.74, 6) is 0.994. The second-order valence-electron chi connectivity index (χ2n) is 4.87. The number of carbonyl (C=O) groups is 1. The van der Waals surface area contributed by atoms with Gasteiger partial charge in [-0.25, -0.2) is 0 Å². The average Bonchev–Trinajstić information content (AvgIpc) is 2.33. The Hall–Kier alpha value is -1.02. The molecule has 0 N–H and O–H groups in total. The van der Waals surface area contributed by atoms with Crippen molar-refractivity contribution in [3.63, 3.8) is 0 Å². The van der Waals surface area contributed by atoms with Gasteiger partial charge in [0.2, 0.25) is 5.91 Å². The van der Waals surface area contributed by atoms with E-state index in [1.807, 2.05) is 29.2 Å². The van der Waals surface area contributed by atoms with Gasteiger partial charge in [0.05, 0.1) is 6.42 Å². The van der Waals surface area contributed by atoms with Crippen molar-refractivity contribution in [1.29, 1.82) is 0 Å². The number of hydrogen-bond acceptors (Lipinski definition) is 1. The topological polar surface area (TPSA) is 20.3 Å². The minimum atomic E-state index is 0.235. The van der Waals surface area contributed by atoms with Crippen LogP contribution in [0.15, 0.2) is 24.3 Å². The minimum Gasteiger partial charge on any atom is -0.342 e. The van der Waals surface area contributed by atoms with E-state index < -0.39 is 0 Å². The zero-order valence-corrected chi connectivity index (χ0v) is 10.9. The van der Waals surface area contributed by atoms with E-state index >= 15 is 0 Å². The smallest absolute Gasteiger partial charge is 0.226 e. The number of piperidine rings is 1. The predicted molar refractivity (Wildman–Crippen MR) is 70.1 cm³/mol. The van der Waals surface area contributed by atoms with Crippen LogP contribution in [-0.4, -0.2) is 23.9 Å². The van der Waals surface area contributed by atoms with E-state index in [1.54, 1.807) is 0 Å². The maximum absolute atomic E-state index is 12.1. The Kier molecular flexibility index (Phi) is 4.06. The molecule has 0 saturated carbocycles. The fourth-order valence-electron chi connectivity index (χ4n) is 2.15. The van der Waals surface area contributed by atoms with Crippen molar-refractivity contribution in [3.05, 3.63) is 34.9 Å². The van der Waals surface area contributed by atoms with Crippen molar-refractivity contribution in [2.24, 2.45) is 5.92 Å². The minimum absolute atomic E-state index is 0.235. The molecule has 1 amide bonds. The largest absolute Gasteiger partial charge is 0.342 e. The molecule has 0 bridgehead atoms. The SMILES string of the molecule is CC1CCN(C(=O)Cc2ccc(Cl)cc2)CC1. The van der Waals surface area contributed by atoms with Gasteiger partial charge in [0.1, 0.15) is 0 Å². The molecule has 1 aromatic carbocycles. The van der Waals surface area contributed by atoms with Gasteiger partial charge in [-0.15, -0.1) is 0 Å². The Morgan fingerprint density at radius 2 is 1.88 bits per heavy atom. The molecule has 17 heavy (non-hydrogen) atoms. The Morgan fingerprint density at radius 1 is 1.29 bits per heavy atom. The maximum atomic E-state index is 12.1. The zero-order chi connectivity index (χ0) is 12.3. The summed E-state index contributed by atoms with van der Waals surface area (Å²) in [4.78, 5) is 14.0.